The molecular weight excluding hydrogens is 468 g/mol. The Labute approximate surface area is 218 Å². The number of carbonyl (C=O) groups excluding carboxylic acids is 2. The minimum atomic E-state index is -0.544. The van der Waals surface area contributed by atoms with Crippen molar-refractivity contribution in [1.29, 1.82) is 5.26 Å². The largest absolute Gasteiger partial charge is 0.462 e. The number of aldehydes is 1. The molecule has 37 heavy (non-hydrogen) atoms. The molecule has 1 aromatic carbocycles. The lowest BCUT2D eigenvalue weighted by atomic mass is 9.90. The highest BCUT2D eigenvalue weighted by Gasteiger charge is 2.32. The second-order valence-corrected chi connectivity index (χ2v) is 10.6. The Balaban J connectivity index is 1.49. The molecule has 0 radical (unpaired) electrons. The molecule has 1 saturated carbocycles. The summed E-state index contributed by atoms with van der Waals surface area (Å²) in [6.45, 7) is 5.56. The number of rotatable bonds is 6. The van der Waals surface area contributed by atoms with Crippen molar-refractivity contribution in [3.63, 3.8) is 0 Å². The summed E-state index contributed by atoms with van der Waals surface area (Å²) in [6.07, 6.45) is 8.61. The van der Waals surface area contributed by atoms with E-state index in [2.05, 4.69) is 6.07 Å². The third kappa shape index (κ3) is 6.11. The van der Waals surface area contributed by atoms with Crippen LogP contribution >= 0.6 is 0 Å². The van der Waals surface area contributed by atoms with E-state index in [9.17, 15) is 14.9 Å². The molecule has 0 spiro atoms. The summed E-state index contributed by atoms with van der Waals surface area (Å²) in [4.78, 5) is 26.2. The molecule has 0 saturated heterocycles. The lowest BCUT2D eigenvalue weighted by Gasteiger charge is -2.35. The summed E-state index contributed by atoms with van der Waals surface area (Å²) in [5, 5.41) is 14.7. The molecule has 0 aliphatic heterocycles. The van der Waals surface area contributed by atoms with Gasteiger partial charge in [-0.1, -0.05) is 24.3 Å². The Morgan fingerprint density at radius 2 is 1.84 bits per heavy atom. The molecule has 8 nitrogen and oxygen atoms in total. The van der Waals surface area contributed by atoms with Gasteiger partial charge in [0.1, 0.15) is 40.1 Å². The summed E-state index contributed by atoms with van der Waals surface area (Å²) < 4.78 is 13.2. The Kier molecular flexibility index (Phi) is 7.82. The molecule has 1 heterocycles. The van der Waals surface area contributed by atoms with E-state index in [1.54, 1.807) is 16.6 Å². The molecule has 1 amide bonds. The number of nitrogens with zero attached hydrogens (tertiary/aromatic N) is 4. The van der Waals surface area contributed by atoms with Gasteiger partial charge >= 0.3 is 6.09 Å². The zero-order chi connectivity index (χ0) is 26.6. The average Bonchev–Trinajstić information content (AvgIpc) is 3.27. The van der Waals surface area contributed by atoms with Gasteiger partial charge in [0.15, 0.2) is 6.29 Å². The van der Waals surface area contributed by atoms with Crippen LogP contribution in [-0.4, -0.2) is 45.8 Å². The highest BCUT2D eigenvalue weighted by Crippen LogP contribution is 2.35. The van der Waals surface area contributed by atoms with E-state index < -0.39 is 5.60 Å². The van der Waals surface area contributed by atoms with Crippen LogP contribution in [0.25, 0.3) is 5.57 Å². The molecule has 0 bridgehead atoms. The maximum absolute atomic E-state index is 12.5. The van der Waals surface area contributed by atoms with Crippen LogP contribution in [0.5, 0.6) is 5.75 Å². The molecule has 194 valence electrons. The van der Waals surface area contributed by atoms with Crippen LogP contribution in [0.1, 0.15) is 87.1 Å². The molecule has 4 rings (SSSR count). The van der Waals surface area contributed by atoms with E-state index >= 15 is 0 Å². The zero-order valence-electron chi connectivity index (χ0n) is 21.9. The number of para-hydroxylation sites is 1. The lowest BCUT2D eigenvalue weighted by molar-refractivity contribution is 0.0172. The van der Waals surface area contributed by atoms with Gasteiger partial charge in [-0.25, -0.2) is 4.79 Å². The molecule has 8 heteroatoms. The standard InChI is InChI=1S/C29H34N4O4/c1-29(2,3)37-28(35)32(4)21-12-14-22(15-13-21)33-26(19-34)25(18-30)27(31-33)20-10-16-24(17-11-20)36-23-8-6-5-7-9-23/h5-10,16,19,21-22H,11-15,17H2,1-4H3. The summed E-state index contributed by atoms with van der Waals surface area (Å²) in [5.41, 5.74) is 1.57. The Morgan fingerprint density at radius 3 is 2.41 bits per heavy atom. The first kappa shape index (κ1) is 26.2. The zero-order valence-corrected chi connectivity index (χ0v) is 21.9. The monoisotopic (exact) mass is 502 g/mol. The molecule has 0 atom stereocenters. The number of allylic oxidation sites excluding steroid dienone is 4. The topological polar surface area (TPSA) is 97.4 Å². The first-order valence-electron chi connectivity index (χ1n) is 12.8. The predicted octanol–water partition coefficient (Wildman–Crippen LogP) is 6.06. The molecule has 1 aromatic heterocycles. The summed E-state index contributed by atoms with van der Waals surface area (Å²) in [6, 6.07) is 11.9. The molecule has 2 aliphatic carbocycles. The fourth-order valence-corrected chi connectivity index (χ4v) is 4.89. The number of carbonyl (C=O) groups is 2. The van der Waals surface area contributed by atoms with Crippen LogP contribution in [-0.2, 0) is 4.74 Å². The van der Waals surface area contributed by atoms with E-state index in [1.807, 2.05) is 63.3 Å². The second-order valence-electron chi connectivity index (χ2n) is 10.6. The van der Waals surface area contributed by atoms with Crippen molar-refractivity contribution in [3.05, 3.63) is 65.2 Å². The summed E-state index contributed by atoms with van der Waals surface area (Å²) in [5.74, 6) is 1.62. The van der Waals surface area contributed by atoms with Gasteiger partial charge in [0.05, 0.1) is 6.04 Å². The van der Waals surface area contributed by atoms with Gasteiger partial charge < -0.3 is 14.4 Å². The van der Waals surface area contributed by atoms with Gasteiger partial charge in [-0.2, -0.15) is 10.4 Å². The first-order valence-corrected chi connectivity index (χ1v) is 12.8. The maximum atomic E-state index is 12.5. The van der Waals surface area contributed by atoms with Crippen molar-refractivity contribution in [1.82, 2.24) is 14.7 Å². The van der Waals surface area contributed by atoms with Crippen molar-refractivity contribution >= 4 is 18.0 Å². The normalized spacial score (nSPS) is 19.8. The lowest BCUT2D eigenvalue weighted by Crippen LogP contribution is -2.42. The molecule has 2 aliphatic rings. The Hall–Kier alpha value is -3.86. The van der Waals surface area contributed by atoms with E-state index in [4.69, 9.17) is 14.6 Å². The minimum absolute atomic E-state index is 0.0129. The van der Waals surface area contributed by atoms with Gasteiger partial charge in [0.25, 0.3) is 0 Å². The van der Waals surface area contributed by atoms with Crippen LogP contribution in [0.3, 0.4) is 0 Å². The Bertz CT molecular complexity index is 1240. The molecule has 0 unspecified atom stereocenters. The number of hydrogen-bond acceptors (Lipinski definition) is 6. The van der Waals surface area contributed by atoms with Crippen molar-refractivity contribution in [2.75, 3.05) is 7.05 Å². The van der Waals surface area contributed by atoms with Crippen molar-refractivity contribution in [3.8, 4) is 11.8 Å². The number of ether oxygens (including phenoxy) is 2. The third-order valence-electron chi connectivity index (χ3n) is 6.82. The molecule has 1 fully saturated rings. The number of nitriles is 1. The van der Waals surface area contributed by atoms with E-state index in [0.717, 1.165) is 49.1 Å². The third-order valence-corrected chi connectivity index (χ3v) is 6.82. The van der Waals surface area contributed by atoms with Gasteiger partial charge in [-0.15, -0.1) is 0 Å². The van der Waals surface area contributed by atoms with E-state index in [1.165, 1.54) is 0 Å². The van der Waals surface area contributed by atoms with Gasteiger partial charge in [-0.3, -0.25) is 9.48 Å². The van der Waals surface area contributed by atoms with Gasteiger partial charge in [-0.05, 0) is 76.7 Å². The van der Waals surface area contributed by atoms with Gasteiger partial charge in [0, 0.05) is 19.5 Å². The molecule has 2 aromatic rings. The van der Waals surface area contributed by atoms with Gasteiger partial charge in [0.2, 0.25) is 0 Å². The highest BCUT2D eigenvalue weighted by atomic mass is 16.6. The number of amides is 1. The SMILES string of the molecule is CN(C(=O)OC(C)(C)C)C1CCC(n2nc(C3=CC=C(Oc4ccccc4)CC3)c(C#N)c2C=O)CC1. The number of benzene rings is 1. The van der Waals surface area contributed by atoms with Crippen LogP contribution in [0.2, 0.25) is 0 Å². The fraction of sp³-hybridized carbons (Fsp3) is 0.448. The second kappa shape index (κ2) is 11.0. The van der Waals surface area contributed by atoms with Crippen LogP contribution in [0.15, 0.2) is 48.2 Å². The van der Waals surface area contributed by atoms with Crippen molar-refractivity contribution in [2.24, 2.45) is 0 Å². The van der Waals surface area contributed by atoms with Crippen molar-refractivity contribution in [2.45, 2.75) is 77.0 Å². The number of aromatic nitrogens is 2. The molecule has 0 N–H and O–H groups in total. The smallest absolute Gasteiger partial charge is 0.410 e. The average molecular weight is 503 g/mol. The van der Waals surface area contributed by atoms with Crippen LogP contribution in [0, 0.1) is 11.3 Å². The molecular formula is C29H34N4O4. The predicted molar refractivity (Wildman–Crippen MR) is 140 cm³/mol. The quantitative estimate of drug-likeness (QED) is 0.446. The van der Waals surface area contributed by atoms with E-state index in [-0.39, 0.29) is 18.2 Å². The summed E-state index contributed by atoms with van der Waals surface area (Å²) in [7, 11) is 1.77. The van der Waals surface area contributed by atoms with Crippen LogP contribution < -0.4 is 4.74 Å². The van der Waals surface area contributed by atoms with Crippen LogP contribution in [0.4, 0.5) is 4.79 Å². The van der Waals surface area contributed by atoms with E-state index in [0.29, 0.717) is 29.8 Å². The van der Waals surface area contributed by atoms with Crippen molar-refractivity contribution < 1.29 is 19.1 Å². The Morgan fingerprint density at radius 1 is 1.14 bits per heavy atom. The highest BCUT2D eigenvalue weighted by molar-refractivity contribution is 5.82. The minimum Gasteiger partial charge on any atom is -0.462 e. The first-order chi connectivity index (χ1) is 17.7. The summed E-state index contributed by atoms with van der Waals surface area (Å²) >= 11 is 0. The maximum Gasteiger partial charge on any atom is 0.410 e. The fourth-order valence-electron chi connectivity index (χ4n) is 4.89. The number of hydrogen-bond donors (Lipinski definition) is 0.